The van der Waals surface area contributed by atoms with Gasteiger partial charge in [0.25, 0.3) is 0 Å². The minimum Gasteiger partial charge on any atom is -0.481 e. The highest BCUT2D eigenvalue weighted by molar-refractivity contribution is 6.31. The van der Waals surface area contributed by atoms with Gasteiger partial charge in [-0.15, -0.1) is 0 Å². The molecule has 0 spiro atoms. The van der Waals surface area contributed by atoms with Crippen molar-refractivity contribution < 1.29 is 19.1 Å². The number of carboxylic acids is 1. The molecule has 0 radical (unpaired) electrons. The Morgan fingerprint density at radius 2 is 2.00 bits per heavy atom. The first kappa shape index (κ1) is 19.5. The first-order valence-electron chi connectivity index (χ1n) is 8.63. The second kappa shape index (κ2) is 9.04. The summed E-state index contributed by atoms with van der Waals surface area (Å²) in [5, 5.41) is 12.3. The van der Waals surface area contributed by atoms with E-state index in [-0.39, 0.29) is 24.5 Å². The molecule has 1 aliphatic rings. The van der Waals surface area contributed by atoms with Gasteiger partial charge in [-0.3, -0.25) is 4.79 Å². The Balaban J connectivity index is 1.98. The lowest BCUT2D eigenvalue weighted by Crippen LogP contribution is -2.46. The van der Waals surface area contributed by atoms with E-state index in [2.05, 4.69) is 5.32 Å². The molecule has 1 aromatic rings. The van der Waals surface area contributed by atoms with E-state index in [0.717, 1.165) is 6.42 Å². The number of carbonyl (C=O) groups excluding carboxylic acids is 1. The molecule has 0 bridgehead atoms. The molecule has 0 unspecified atom stereocenters. The minimum atomic E-state index is -0.772. The highest BCUT2D eigenvalue weighted by Gasteiger charge is 2.28. The summed E-state index contributed by atoms with van der Waals surface area (Å²) in [6.07, 6.45) is 3.15. The van der Waals surface area contributed by atoms with Crippen molar-refractivity contribution in [2.24, 2.45) is 5.92 Å². The van der Waals surface area contributed by atoms with E-state index in [0.29, 0.717) is 42.8 Å². The fraction of sp³-hybridized carbons (Fsp3) is 0.556. The summed E-state index contributed by atoms with van der Waals surface area (Å²) in [6, 6.07) is 4.16. The van der Waals surface area contributed by atoms with Crippen molar-refractivity contribution in [1.29, 1.82) is 0 Å². The van der Waals surface area contributed by atoms with Crippen molar-refractivity contribution in [2.75, 3.05) is 6.54 Å². The summed E-state index contributed by atoms with van der Waals surface area (Å²) < 4.78 is 14.0. The number of hydrogen-bond acceptors (Lipinski definition) is 2. The van der Waals surface area contributed by atoms with Gasteiger partial charge in [0.2, 0.25) is 0 Å². The number of benzene rings is 1. The summed E-state index contributed by atoms with van der Waals surface area (Å²) in [5.41, 5.74) is 0.308. The Hall–Kier alpha value is -1.82. The van der Waals surface area contributed by atoms with Crippen LogP contribution in [0.15, 0.2) is 18.2 Å². The maximum atomic E-state index is 14.0. The Bertz CT molecular complexity index is 598. The fourth-order valence-corrected chi connectivity index (χ4v) is 3.37. The van der Waals surface area contributed by atoms with Crippen molar-refractivity contribution in [3.05, 3.63) is 34.6 Å². The zero-order valence-electron chi connectivity index (χ0n) is 14.3. The molecule has 1 aromatic carbocycles. The molecule has 1 fully saturated rings. The molecule has 0 aromatic heterocycles. The highest BCUT2D eigenvalue weighted by Crippen LogP contribution is 2.25. The maximum absolute atomic E-state index is 14.0. The van der Waals surface area contributed by atoms with Crippen LogP contribution in [0.5, 0.6) is 0 Å². The summed E-state index contributed by atoms with van der Waals surface area (Å²) >= 11 is 6.06. The lowest BCUT2D eigenvalue weighted by Gasteiger charge is -2.30. The Kier molecular flexibility index (Phi) is 7.05. The van der Waals surface area contributed by atoms with Crippen LogP contribution < -0.4 is 5.32 Å². The summed E-state index contributed by atoms with van der Waals surface area (Å²) in [4.78, 5) is 25.1. The van der Waals surface area contributed by atoms with Crippen LogP contribution in [0.3, 0.4) is 0 Å². The van der Waals surface area contributed by atoms with Gasteiger partial charge in [-0.2, -0.15) is 0 Å². The van der Waals surface area contributed by atoms with Gasteiger partial charge in [0.15, 0.2) is 0 Å². The van der Waals surface area contributed by atoms with Crippen molar-refractivity contribution in [2.45, 2.75) is 51.6 Å². The van der Waals surface area contributed by atoms with Gasteiger partial charge >= 0.3 is 12.0 Å². The monoisotopic (exact) mass is 370 g/mol. The molecule has 2 rings (SSSR count). The van der Waals surface area contributed by atoms with Crippen LogP contribution in [0.25, 0.3) is 0 Å². The second-order valence-corrected chi connectivity index (χ2v) is 6.87. The first-order valence-corrected chi connectivity index (χ1v) is 9.01. The minimum absolute atomic E-state index is 0.0430. The number of rotatable bonds is 6. The molecule has 0 atom stereocenters. The third-order valence-electron chi connectivity index (χ3n) is 4.60. The summed E-state index contributed by atoms with van der Waals surface area (Å²) in [5.74, 6) is -1.52. The lowest BCUT2D eigenvalue weighted by atomic mass is 9.86. The van der Waals surface area contributed by atoms with Crippen LogP contribution in [0, 0.1) is 11.7 Å². The van der Waals surface area contributed by atoms with Gasteiger partial charge in [-0.25, -0.2) is 9.18 Å². The predicted molar refractivity (Wildman–Crippen MR) is 94.0 cm³/mol. The first-order chi connectivity index (χ1) is 11.9. The van der Waals surface area contributed by atoms with Crippen LogP contribution in [0.1, 0.15) is 44.6 Å². The molecular formula is C18H24ClFN2O3. The third-order valence-corrected chi connectivity index (χ3v) is 4.95. The number of urea groups is 1. The highest BCUT2D eigenvalue weighted by atomic mass is 35.5. The average Bonchev–Trinajstić information content (AvgIpc) is 2.57. The van der Waals surface area contributed by atoms with Crippen LogP contribution in [-0.4, -0.2) is 34.6 Å². The zero-order chi connectivity index (χ0) is 18.4. The van der Waals surface area contributed by atoms with E-state index >= 15 is 0 Å². The molecule has 5 nitrogen and oxygen atoms in total. The number of aliphatic carboxylic acids is 1. The molecule has 0 aliphatic heterocycles. The molecule has 1 saturated carbocycles. The molecule has 2 N–H and O–H groups in total. The van der Waals surface area contributed by atoms with Crippen LogP contribution in [0.4, 0.5) is 9.18 Å². The van der Waals surface area contributed by atoms with Gasteiger partial charge in [0, 0.05) is 23.2 Å². The van der Waals surface area contributed by atoms with Gasteiger partial charge in [-0.05, 0) is 44.2 Å². The predicted octanol–water partition coefficient (Wildman–Crippen LogP) is 4.04. The standard InChI is InChI=1S/C18H24ClFN2O3/c1-2-10-22(11-14-15(19)4-3-5-16(14)20)18(25)21-13-8-6-12(7-9-13)17(23)24/h3-5,12-13H,2,6-11H2,1H3,(H,21,25)(H,23,24). The molecule has 7 heteroatoms. The molecule has 0 heterocycles. The van der Waals surface area contributed by atoms with Crippen LogP contribution >= 0.6 is 11.6 Å². The number of nitrogens with one attached hydrogen (secondary N) is 1. The topological polar surface area (TPSA) is 69.6 Å². The summed E-state index contributed by atoms with van der Waals surface area (Å²) in [7, 11) is 0. The SMILES string of the molecule is CCCN(Cc1c(F)cccc1Cl)C(=O)NC1CCC(C(=O)O)CC1. The smallest absolute Gasteiger partial charge is 0.317 e. The molecule has 1 aliphatic carbocycles. The van der Waals surface area contributed by atoms with Crippen LogP contribution in [0.2, 0.25) is 5.02 Å². The van der Waals surface area contributed by atoms with Gasteiger partial charge in [-0.1, -0.05) is 24.6 Å². The molecule has 0 saturated heterocycles. The fourth-order valence-electron chi connectivity index (χ4n) is 3.15. The zero-order valence-corrected chi connectivity index (χ0v) is 15.1. The molecular weight excluding hydrogens is 347 g/mol. The number of carbonyl (C=O) groups is 2. The number of amides is 2. The van der Waals surface area contributed by atoms with E-state index < -0.39 is 11.8 Å². The van der Waals surface area contributed by atoms with E-state index in [1.807, 2.05) is 6.92 Å². The van der Waals surface area contributed by atoms with E-state index in [1.54, 1.807) is 11.0 Å². The Labute approximate surface area is 152 Å². The van der Waals surface area contributed by atoms with E-state index in [9.17, 15) is 14.0 Å². The van der Waals surface area contributed by atoms with Crippen molar-refractivity contribution >= 4 is 23.6 Å². The average molecular weight is 371 g/mol. The Morgan fingerprint density at radius 3 is 2.56 bits per heavy atom. The number of hydrogen-bond donors (Lipinski definition) is 2. The van der Waals surface area contributed by atoms with E-state index in [4.69, 9.17) is 16.7 Å². The number of carboxylic acid groups (broad SMARTS) is 1. The molecule has 25 heavy (non-hydrogen) atoms. The molecule has 138 valence electrons. The van der Waals surface area contributed by atoms with Crippen LogP contribution in [-0.2, 0) is 11.3 Å². The molecule has 2 amide bonds. The summed E-state index contributed by atoms with van der Waals surface area (Å²) in [6.45, 7) is 2.54. The Morgan fingerprint density at radius 1 is 1.32 bits per heavy atom. The normalized spacial score (nSPS) is 20.1. The number of nitrogens with zero attached hydrogens (tertiary/aromatic N) is 1. The van der Waals surface area contributed by atoms with Crippen molar-refractivity contribution in [3.8, 4) is 0 Å². The van der Waals surface area contributed by atoms with Crippen molar-refractivity contribution in [1.82, 2.24) is 10.2 Å². The second-order valence-electron chi connectivity index (χ2n) is 6.46. The third kappa shape index (κ3) is 5.33. The van der Waals surface area contributed by atoms with E-state index in [1.165, 1.54) is 12.1 Å². The van der Waals surface area contributed by atoms with Gasteiger partial charge in [0.1, 0.15) is 5.82 Å². The largest absolute Gasteiger partial charge is 0.481 e. The van der Waals surface area contributed by atoms with Crippen molar-refractivity contribution in [3.63, 3.8) is 0 Å². The van der Waals surface area contributed by atoms with Gasteiger partial charge < -0.3 is 15.3 Å². The lowest BCUT2D eigenvalue weighted by molar-refractivity contribution is -0.142. The number of halogens is 2. The quantitative estimate of drug-likeness (QED) is 0.793. The van der Waals surface area contributed by atoms with Gasteiger partial charge in [0.05, 0.1) is 12.5 Å². The maximum Gasteiger partial charge on any atom is 0.317 e.